The molecular formula is C22H30N4O. The topological polar surface area (TPSA) is 48.5 Å². The van der Waals surface area contributed by atoms with Gasteiger partial charge in [-0.2, -0.15) is 0 Å². The van der Waals surface area contributed by atoms with E-state index in [4.69, 9.17) is 0 Å². The number of pyridine rings is 1. The molecule has 0 atom stereocenters. The number of benzene rings is 1. The van der Waals surface area contributed by atoms with Crippen LogP contribution in [-0.2, 0) is 0 Å². The van der Waals surface area contributed by atoms with E-state index in [0.717, 1.165) is 50.4 Å². The van der Waals surface area contributed by atoms with Gasteiger partial charge >= 0.3 is 0 Å². The van der Waals surface area contributed by atoms with Crippen LogP contribution in [0.1, 0.15) is 49.2 Å². The van der Waals surface area contributed by atoms with E-state index in [1.807, 2.05) is 17.0 Å². The van der Waals surface area contributed by atoms with Gasteiger partial charge in [-0.25, -0.2) is 0 Å². The molecule has 1 N–H and O–H groups in total. The Kier molecular flexibility index (Phi) is 6.32. The van der Waals surface area contributed by atoms with Gasteiger partial charge in [0, 0.05) is 49.4 Å². The predicted molar refractivity (Wildman–Crippen MR) is 112 cm³/mol. The summed E-state index contributed by atoms with van der Waals surface area (Å²) >= 11 is 0. The van der Waals surface area contributed by atoms with Gasteiger partial charge in [0.2, 0.25) is 0 Å². The zero-order valence-electron chi connectivity index (χ0n) is 16.7. The molecule has 1 aliphatic heterocycles. The van der Waals surface area contributed by atoms with Crippen molar-refractivity contribution in [1.82, 2.24) is 9.88 Å². The van der Waals surface area contributed by atoms with Gasteiger partial charge in [0.05, 0.1) is 0 Å². The number of carbonyl (C=O) groups is 1. The minimum Gasteiger partial charge on any atom is -0.372 e. The van der Waals surface area contributed by atoms with E-state index in [1.165, 1.54) is 17.7 Å². The number of amides is 1. The van der Waals surface area contributed by atoms with Crippen LogP contribution in [0, 0.1) is 6.92 Å². The Hall–Kier alpha value is -2.56. The minimum atomic E-state index is 0.0342. The summed E-state index contributed by atoms with van der Waals surface area (Å²) in [4.78, 5) is 21.2. The third-order valence-electron chi connectivity index (χ3n) is 5.24. The number of hydrogen-bond donors (Lipinski definition) is 1. The lowest BCUT2D eigenvalue weighted by molar-refractivity contribution is 0.0718. The molecular weight excluding hydrogens is 336 g/mol. The first-order chi connectivity index (χ1) is 13.1. The van der Waals surface area contributed by atoms with Crippen molar-refractivity contribution in [2.75, 3.05) is 36.4 Å². The van der Waals surface area contributed by atoms with Gasteiger partial charge in [-0.15, -0.1) is 0 Å². The first kappa shape index (κ1) is 19.2. The summed E-state index contributed by atoms with van der Waals surface area (Å²) in [5.74, 6) is 0.0342. The number of likely N-dealkylation sites (tertiary alicyclic amines) is 1. The molecule has 27 heavy (non-hydrogen) atoms. The number of aryl methyl sites for hydroxylation is 1. The molecule has 1 aromatic carbocycles. The molecule has 1 fully saturated rings. The summed E-state index contributed by atoms with van der Waals surface area (Å²) in [6, 6.07) is 10.2. The van der Waals surface area contributed by atoms with Gasteiger partial charge in [-0.1, -0.05) is 0 Å². The maximum Gasteiger partial charge on any atom is 0.272 e. The monoisotopic (exact) mass is 366 g/mol. The van der Waals surface area contributed by atoms with Crippen molar-refractivity contribution in [3.05, 3.63) is 47.8 Å². The molecule has 0 aliphatic carbocycles. The number of nitrogens with one attached hydrogen (secondary N) is 1. The Morgan fingerprint density at radius 3 is 2.52 bits per heavy atom. The summed E-state index contributed by atoms with van der Waals surface area (Å²) in [5, 5.41) is 3.44. The Labute approximate surface area is 162 Å². The molecule has 144 valence electrons. The number of nitrogens with zero attached hydrogens (tertiary/aromatic N) is 3. The van der Waals surface area contributed by atoms with Crippen LogP contribution in [0.3, 0.4) is 0 Å². The normalized spacial score (nSPS) is 14.1. The predicted octanol–water partition coefficient (Wildman–Crippen LogP) is 4.61. The fourth-order valence-electron chi connectivity index (χ4n) is 3.61. The molecule has 3 rings (SSSR count). The van der Waals surface area contributed by atoms with Gasteiger partial charge < -0.3 is 15.1 Å². The highest BCUT2D eigenvalue weighted by molar-refractivity contribution is 5.93. The van der Waals surface area contributed by atoms with Crippen LogP contribution in [-0.4, -0.2) is 42.0 Å². The molecule has 1 aromatic heterocycles. The molecule has 0 bridgehead atoms. The van der Waals surface area contributed by atoms with Crippen LogP contribution < -0.4 is 10.2 Å². The maximum absolute atomic E-state index is 12.7. The largest absolute Gasteiger partial charge is 0.372 e. The van der Waals surface area contributed by atoms with Crippen LogP contribution in [0.15, 0.2) is 36.5 Å². The van der Waals surface area contributed by atoms with E-state index in [9.17, 15) is 4.79 Å². The molecule has 1 amide bonds. The second-order valence-electron chi connectivity index (χ2n) is 7.08. The average molecular weight is 367 g/mol. The number of hydrogen-bond acceptors (Lipinski definition) is 4. The first-order valence-corrected chi connectivity index (χ1v) is 10.00. The van der Waals surface area contributed by atoms with Crippen LogP contribution in [0.2, 0.25) is 0 Å². The third-order valence-corrected chi connectivity index (χ3v) is 5.24. The average Bonchev–Trinajstić information content (AvgIpc) is 2.71. The Bertz CT molecular complexity index is 780. The zero-order valence-corrected chi connectivity index (χ0v) is 16.7. The summed E-state index contributed by atoms with van der Waals surface area (Å²) < 4.78 is 0. The SMILES string of the molecule is CCN(CC)c1ccc(Nc2ccnc(C(=O)N3CCCCC3)c2)c(C)c1. The summed E-state index contributed by atoms with van der Waals surface area (Å²) in [7, 11) is 0. The van der Waals surface area contributed by atoms with E-state index in [1.54, 1.807) is 6.20 Å². The van der Waals surface area contributed by atoms with Crippen molar-refractivity contribution in [2.45, 2.75) is 40.0 Å². The fraction of sp³-hybridized carbons (Fsp3) is 0.455. The lowest BCUT2D eigenvalue weighted by Gasteiger charge is -2.26. The number of rotatable bonds is 6. The molecule has 1 aliphatic rings. The smallest absolute Gasteiger partial charge is 0.272 e. The van der Waals surface area contributed by atoms with Crippen LogP contribution in [0.5, 0.6) is 0 Å². The third kappa shape index (κ3) is 4.59. The quantitative estimate of drug-likeness (QED) is 0.811. The standard InChI is InChI=1S/C22H30N4O/c1-4-25(5-2)19-9-10-20(17(3)15-19)24-18-11-12-23-21(16-18)22(27)26-13-7-6-8-14-26/h9-12,15-16H,4-8,13-14H2,1-3H3,(H,23,24). The van der Waals surface area contributed by atoms with Crippen molar-refractivity contribution >= 4 is 23.0 Å². The van der Waals surface area contributed by atoms with E-state index < -0.39 is 0 Å². The number of anilines is 3. The summed E-state index contributed by atoms with van der Waals surface area (Å²) in [6.07, 6.45) is 5.09. The number of piperidine rings is 1. The lowest BCUT2D eigenvalue weighted by atomic mass is 10.1. The van der Waals surface area contributed by atoms with Crippen molar-refractivity contribution in [3.8, 4) is 0 Å². The van der Waals surface area contributed by atoms with Gasteiger partial charge in [-0.05, 0) is 75.9 Å². The van der Waals surface area contributed by atoms with E-state index in [-0.39, 0.29) is 5.91 Å². The molecule has 5 nitrogen and oxygen atoms in total. The second-order valence-corrected chi connectivity index (χ2v) is 7.08. The summed E-state index contributed by atoms with van der Waals surface area (Å²) in [6.45, 7) is 10.1. The molecule has 0 radical (unpaired) electrons. The van der Waals surface area contributed by atoms with Gasteiger partial charge in [0.25, 0.3) is 5.91 Å². The van der Waals surface area contributed by atoms with Crippen LogP contribution >= 0.6 is 0 Å². The van der Waals surface area contributed by atoms with E-state index in [0.29, 0.717) is 5.69 Å². The molecule has 0 saturated carbocycles. The maximum atomic E-state index is 12.7. The van der Waals surface area contributed by atoms with E-state index in [2.05, 4.69) is 54.2 Å². The molecule has 5 heteroatoms. The van der Waals surface area contributed by atoms with Gasteiger partial charge in [0.15, 0.2) is 0 Å². The Morgan fingerprint density at radius 1 is 1.11 bits per heavy atom. The van der Waals surface area contributed by atoms with Crippen molar-refractivity contribution in [2.24, 2.45) is 0 Å². The zero-order chi connectivity index (χ0) is 19.2. The minimum absolute atomic E-state index is 0.0342. The molecule has 2 heterocycles. The number of carbonyl (C=O) groups excluding carboxylic acids is 1. The fourth-order valence-corrected chi connectivity index (χ4v) is 3.61. The van der Waals surface area contributed by atoms with Gasteiger partial charge in [-0.3, -0.25) is 9.78 Å². The van der Waals surface area contributed by atoms with Crippen molar-refractivity contribution in [3.63, 3.8) is 0 Å². The Morgan fingerprint density at radius 2 is 1.85 bits per heavy atom. The first-order valence-electron chi connectivity index (χ1n) is 10.00. The van der Waals surface area contributed by atoms with Crippen molar-refractivity contribution in [1.29, 1.82) is 0 Å². The van der Waals surface area contributed by atoms with Crippen LogP contribution in [0.25, 0.3) is 0 Å². The van der Waals surface area contributed by atoms with E-state index >= 15 is 0 Å². The highest BCUT2D eigenvalue weighted by Gasteiger charge is 2.19. The lowest BCUT2D eigenvalue weighted by Crippen LogP contribution is -2.36. The molecule has 1 saturated heterocycles. The second kappa shape index (κ2) is 8.89. The molecule has 0 unspecified atom stereocenters. The summed E-state index contributed by atoms with van der Waals surface area (Å²) in [5.41, 5.74) is 4.87. The van der Waals surface area contributed by atoms with Crippen LogP contribution in [0.4, 0.5) is 17.1 Å². The highest BCUT2D eigenvalue weighted by Crippen LogP contribution is 2.26. The highest BCUT2D eigenvalue weighted by atomic mass is 16.2. The van der Waals surface area contributed by atoms with Gasteiger partial charge in [0.1, 0.15) is 5.69 Å². The van der Waals surface area contributed by atoms with Crippen molar-refractivity contribution < 1.29 is 4.79 Å². The molecule has 0 spiro atoms. The Balaban J connectivity index is 1.75. The molecule has 2 aromatic rings. The number of aromatic nitrogens is 1.